The number of hydrogen-bond donors (Lipinski definition) is 3. The van der Waals surface area contributed by atoms with E-state index >= 15 is 0 Å². The fourth-order valence-corrected chi connectivity index (χ4v) is 1.98. The number of ether oxygens (including phenoxy) is 2. The molecule has 0 radical (unpaired) electrons. The molecule has 1 aliphatic rings. The van der Waals surface area contributed by atoms with Crippen molar-refractivity contribution in [2.24, 2.45) is 0 Å². The van der Waals surface area contributed by atoms with Crippen LogP contribution in [0.5, 0.6) is 0 Å². The minimum atomic E-state index is -0.549. The van der Waals surface area contributed by atoms with E-state index in [9.17, 15) is 9.59 Å². The van der Waals surface area contributed by atoms with Crippen molar-refractivity contribution in [1.82, 2.24) is 16.0 Å². The summed E-state index contributed by atoms with van der Waals surface area (Å²) in [7, 11) is 0. The maximum absolute atomic E-state index is 11.9. The molecule has 0 spiro atoms. The minimum Gasteiger partial charge on any atom is -0.444 e. The number of alkyl carbamates (subject to hydrolysis) is 1. The highest BCUT2D eigenvalue weighted by atomic mass is 16.6. The second-order valence-electron chi connectivity index (χ2n) is 6.40. The predicted octanol–water partition coefficient (Wildman–Crippen LogP) is 0.803. The van der Waals surface area contributed by atoms with Crippen molar-refractivity contribution >= 4 is 12.0 Å². The monoisotopic (exact) mass is 338 g/mol. The average Bonchev–Trinajstić information content (AvgIpc) is 3.00. The number of carbonyl (C=O) groups is 2. The Morgan fingerprint density at radius 3 is 2.67 bits per heavy atom. The molecule has 134 valence electrons. The number of nitriles is 1. The van der Waals surface area contributed by atoms with Crippen LogP contribution in [0, 0.1) is 11.3 Å². The van der Waals surface area contributed by atoms with Crippen LogP contribution in [0.2, 0.25) is 0 Å². The van der Waals surface area contributed by atoms with E-state index in [4.69, 9.17) is 14.7 Å². The summed E-state index contributed by atoms with van der Waals surface area (Å²) in [6, 6.07) is 1.84. The summed E-state index contributed by atoms with van der Waals surface area (Å²) < 4.78 is 10.5. The Hall–Kier alpha value is -2.27. The van der Waals surface area contributed by atoms with Crippen LogP contribution < -0.4 is 16.0 Å². The zero-order valence-corrected chi connectivity index (χ0v) is 14.5. The summed E-state index contributed by atoms with van der Waals surface area (Å²) in [5.74, 6) is -0.444. The lowest BCUT2D eigenvalue weighted by Crippen LogP contribution is -2.36. The van der Waals surface area contributed by atoms with Gasteiger partial charge in [0.25, 0.3) is 5.91 Å². The van der Waals surface area contributed by atoms with Gasteiger partial charge in [-0.05, 0) is 33.6 Å². The molecule has 1 atom stereocenters. The second kappa shape index (κ2) is 9.78. The standard InChI is InChI=1S/C16H26N4O4/c1-16(2,3)24-15(22)19-7-6-18-10-12(9-17)14(21)20-11-13-5-4-8-23-13/h10,13,18H,4-8,11H2,1-3H3,(H,19,22)(H,20,21)/b12-10-. The third-order valence-electron chi connectivity index (χ3n) is 3.06. The maximum Gasteiger partial charge on any atom is 0.407 e. The van der Waals surface area contributed by atoms with Crippen LogP contribution in [-0.2, 0) is 14.3 Å². The fourth-order valence-electron chi connectivity index (χ4n) is 1.98. The van der Waals surface area contributed by atoms with Crippen molar-refractivity contribution in [3.05, 3.63) is 11.8 Å². The minimum absolute atomic E-state index is 0.0229. The lowest BCUT2D eigenvalue weighted by molar-refractivity contribution is -0.117. The predicted molar refractivity (Wildman–Crippen MR) is 87.9 cm³/mol. The summed E-state index contributed by atoms with van der Waals surface area (Å²) in [6.45, 7) is 7.13. The summed E-state index contributed by atoms with van der Waals surface area (Å²) in [6.07, 6.45) is 2.76. The smallest absolute Gasteiger partial charge is 0.407 e. The van der Waals surface area contributed by atoms with Gasteiger partial charge >= 0.3 is 6.09 Å². The van der Waals surface area contributed by atoms with Crippen molar-refractivity contribution in [3.63, 3.8) is 0 Å². The molecule has 0 aromatic carbocycles. The van der Waals surface area contributed by atoms with Crippen LogP contribution in [0.4, 0.5) is 4.79 Å². The van der Waals surface area contributed by atoms with Gasteiger partial charge in [-0.15, -0.1) is 0 Å². The van der Waals surface area contributed by atoms with E-state index < -0.39 is 17.6 Å². The van der Waals surface area contributed by atoms with Gasteiger partial charge in [-0.25, -0.2) is 4.79 Å². The normalized spacial score (nSPS) is 17.8. The van der Waals surface area contributed by atoms with Gasteiger partial charge in [-0.2, -0.15) is 5.26 Å². The number of nitrogens with zero attached hydrogens (tertiary/aromatic N) is 1. The number of rotatable bonds is 7. The Kier molecular flexibility index (Phi) is 8.06. The molecule has 0 aromatic heterocycles. The summed E-state index contributed by atoms with van der Waals surface area (Å²) in [4.78, 5) is 23.3. The summed E-state index contributed by atoms with van der Waals surface area (Å²) >= 11 is 0. The van der Waals surface area contributed by atoms with E-state index in [1.807, 2.05) is 6.07 Å². The van der Waals surface area contributed by atoms with Crippen LogP contribution in [-0.4, -0.2) is 49.9 Å². The molecule has 1 rings (SSSR count). The third-order valence-corrected chi connectivity index (χ3v) is 3.06. The largest absolute Gasteiger partial charge is 0.444 e. The lowest BCUT2D eigenvalue weighted by atomic mass is 10.2. The fraction of sp³-hybridized carbons (Fsp3) is 0.688. The molecule has 3 N–H and O–H groups in total. The Labute approximate surface area is 142 Å². The first-order valence-corrected chi connectivity index (χ1v) is 8.02. The van der Waals surface area contributed by atoms with Crippen molar-refractivity contribution < 1.29 is 19.1 Å². The highest BCUT2D eigenvalue weighted by molar-refractivity contribution is 5.97. The van der Waals surface area contributed by atoms with Gasteiger partial charge < -0.3 is 25.4 Å². The number of amides is 2. The van der Waals surface area contributed by atoms with Gasteiger partial charge in [0.2, 0.25) is 0 Å². The number of hydrogen-bond acceptors (Lipinski definition) is 6. The Morgan fingerprint density at radius 1 is 1.33 bits per heavy atom. The molecule has 0 bridgehead atoms. The Balaban J connectivity index is 2.24. The number of carbonyl (C=O) groups excluding carboxylic acids is 2. The molecule has 1 saturated heterocycles. The molecule has 8 heteroatoms. The molecule has 0 aromatic rings. The first-order chi connectivity index (χ1) is 11.3. The topological polar surface area (TPSA) is 112 Å². The number of nitrogens with one attached hydrogen (secondary N) is 3. The first-order valence-electron chi connectivity index (χ1n) is 8.02. The van der Waals surface area contributed by atoms with Crippen LogP contribution >= 0.6 is 0 Å². The van der Waals surface area contributed by atoms with Crippen LogP contribution in [0.15, 0.2) is 11.8 Å². The third kappa shape index (κ3) is 8.39. The van der Waals surface area contributed by atoms with Crippen molar-refractivity contribution in [3.8, 4) is 6.07 Å². The first kappa shape index (κ1) is 19.8. The quantitative estimate of drug-likeness (QED) is 0.360. The van der Waals surface area contributed by atoms with Gasteiger partial charge in [0, 0.05) is 32.4 Å². The van der Waals surface area contributed by atoms with Crippen molar-refractivity contribution in [1.29, 1.82) is 5.26 Å². The molecule has 1 fully saturated rings. The second-order valence-corrected chi connectivity index (χ2v) is 6.40. The molecule has 8 nitrogen and oxygen atoms in total. The molecule has 0 aliphatic carbocycles. The van der Waals surface area contributed by atoms with Gasteiger partial charge in [-0.3, -0.25) is 4.79 Å². The van der Waals surface area contributed by atoms with Crippen molar-refractivity contribution in [2.45, 2.75) is 45.3 Å². The molecule has 1 aliphatic heterocycles. The highest BCUT2D eigenvalue weighted by Crippen LogP contribution is 2.10. The molecule has 2 amide bonds. The van der Waals surface area contributed by atoms with Gasteiger partial charge in [0.15, 0.2) is 0 Å². The summed E-state index contributed by atoms with van der Waals surface area (Å²) in [5, 5.41) is 17.1. The highest BCUT2D eigenvalue weighted by Gasteiger charge is 2.17. The zero-order chi connectivity index (χ0) is 18.0. The molecule has 0 saturated carbocycles. The SMILES string of the molecule is CC(C)(C)OC(=O)NCCN/C=C(/C#N)C(=O)NCC1CCCO1. The van der Waals surface area contributed by atoms with Crippen molar-refractivity contribution in [2.75, 3.05) is 26.2 Å². The van der Waals surface area contributed by atoms with Gasteiger partial charge in [-0.1, -0.05) is 0 Å². The summed E-state index contributed by atoms with van der Waals surface area (Å²) in [5.41, 5.74) is -0.572. The maximum atomic E-state index is 11.9. The lowest BCUT2D eigenvalue weighted by Gasteiger charge is -2.19. The molecule has 24 heavy (non-hydrogen) atoms. The zero-order valence-electron chi connectivity index (χ0n) is 14.5. The van der Waals surface area contributed by atoms with E-state index in [0.29, 0.717) is 26.2 Å². The molecule has 1 unspecified atom stereocenters. The van der Waals surface area contributed by atoms with E-state index in [0.717, 1.165) is 12.8 Å². The van der Waals surface area contributed by atoms with E-state index in [2.05, 4.69) is 16.0 Å². The van der Waals surface area contributed by atoms with E-state index in [1.54, 1.807) is 20.8 Å². The molecular weight excluding hydrogens is 312 g/mol. The molecule has 1 heterocycles. The Bertz CT molecular complexity index is 499. The van der Waals surface area contributed by atoms with Gasteiger partial charge in [0.1, 0.15) is 17.2 Å². The van der Waals surface area contributed by atoms with Crippen LogP contribution in [0.3, 0.4) is 0 Å². The average molecular weight is 338 g/mol. The van der Waals surface area contributed by atoms with E-state index in [1.165, 1.54) is 6.20 Å². The van der Waals surface area contributed by atoms with Gasteiger partial charge in [0.05, 0.1) is 6.10 Å². The van der Waals surface area contributed by atoms with E-state index in [-0.39, 0.29) is 11.7 Å². The van der Waals surface area contributed by atoms with Crippen LogP contribution in [0.1, 0.15) is 33.6 Å². The van der Waals surface area contributed by atoms with Crippen LogP contribution in [0.25, 0.3) is 0 Å². The molecular formula is C16H26N4O4. The Morgan fingerprint density at radius 2 is 2.08 bits per heavy atom.